The van der Waals surface area contributed by atoms with Gasteiger partial charge in [-0.05, 0) is 29.8 Å². The number of benzene rings is 1. The first-order valence-electron chi connectivity index (χ1n) is 8.32. The number of nitrogens with zero attached hydrogens (tertiary/aromatic N) is 3. The van der Waals surface area contributed by atoms with Crippen molar-refractivity contribution in [2.75, 3.05) is 7.11 Å². The Balaban J connectivity index is 1.46. The summed E-state index contributed by atoms with van der Waals surface area (Å²) in [6.07, 6.45) is 3.89. The summed E-state index contributed by atoms with van der Waals surface area (Å²) in [7, 11) is 1.33. The van der Waals surface area contributed by atoms with E-state index >= 15 is 0 Å². The molecule has 1 amide bonds. The second-order valence-electron chi connectivity index (χ2n) is 5.72. The maximum absolute atomic E-state index is 12.0. The maximum atomic E-state index is 12.0. The molecule has 27 heavy (non-hydrogen) atoms. The summed E-state index contributed by atoms with van der Waals surface area (Å²) < 4.78 is 9.81. The van der Waals surface area contributed by atoms with Crippen LogP contribution in [-0.2, 0) is 22.5 Å². The van der Waals surface area contributed by atoms with Gasteiger partial charge in [-0.15, -0.1) is 0 Å². The van der Waals surface area contributed by atoms with E-state index < -0.39 is 5.97 Å². The first-order chi connectivity index (χ1) is 13.2. The number of methoxy groups -OCH3 is 1. The minimum atomic E-state index is -0.393. The highest BCUT2D eigenvalue weighted by molar-refractivity contribution is 5.89. The monoisotopic (exact) mass is 366 g/mol. The lowest BCUT2D eigenvalue weighted by Gasteiger charge is -2.05. The van der Waals surface area contributed by atoms with E-state index in [0.29, 0.717) is 30.2 Å². The van der Waals surface area contributed by atoms with Crippen molar-refractivity contribution in [3.8, 4) is 11.4 Å². The number of amides is 1. The molecule has 0 aliphatic rings. The lowest BCUT2D eigenvalue weighted by molar-refractivity contribution is -0.121. The van der Waals surface area contributed by atoms with Crippen LogP contribution in [0.15, 0.2) is 53.3 Å². The third-order valence-corrected chi connectivity index (χ3v) is 3.82. The van der Waals surface area contributed by atoms with Gasteiger partial charge in [-0.25, -0.2) is 4.79 Å². The summed E-state index contributed by atoms with van der Waals surface area (Å²) >= 11 is 0. The van der Waals surface area contributed by atoms with E-state index in [-0.39, 0.29) is 12.3 Å². The Morgan fingerprint density at radius 1 is 1.19 bits per heavy atom. The van der Waals surface area contributed by atoms with Crippen LogP contribution >= 0.6 is 0 Å². The van der Waals surface area contributed by atoms with Crippen LogP contribution in [0.2, 0.25) is 0 Å². The van der Waals surface area contributed by atoms with Gasteiger partial charge in [0.15, 0.2) is 0 Å². The van der Waals surface area contributed by atoms with Crippen LogP contribution in [0.4, 0.5) is 0 Å². The molecule has 0 spiro atoms. The lowest BCUT2D eigenvalue weighted by atomic mass is 10.1. The number of aromatic nitrogens is 3. The number of pyridine rings is 1. The molecule has 0 saturated heterocycles. The first kappa shape index (κ1) is 18.2. The lowest BCUT2D eigenvalue weighted by Crippen LogP contribution is -2.23. The fourth-order valence-corrected chi connectivity index (χ4v) is 2.35. The fourth-order valence-electron chi connectivity index (χ4n) is 2.35. The standard InChI is InChI=1S/C19H18N4O4/c1-26-19(25)14-6-4-13(5-7-14)11-21-16(24)8-9-17-22-18(23-27-17)15-3-2-10-20-12-15/h2-7,10,12H,8-9,11H2,1H3,(H,21,24). The van der Waals surface area contributed by atoms with Gasteiger partial charge in [-0.1, -0.05) is 17.3 Å². The molecule has 3 rings (SSSR count). The molecule has 0 aliphatic carbocycles. The van der Waals surface area contributed by atoms with Crippen LogP contribution in [0, 0.1) is 0 Å². The van der Waals surface area contributed by atoms with Crippen LogP contribution < -0.4 is 5.32 Å². The average molecular weight is 366 g/mol. The number of aryl methyl sites for hydroxylation is 1. The molecule has 1 N–H and O–H groups in total. The number of ether oxygens (including phenoxy) is 1. The normalized spacial score (nSPS) is 10.4. The average Bonchev–Trinajstić information content (AvgIpc) is 3.20. The summed E-state index contributed by atoms with van der Waals surface area (Å²) in [6.45, 7) is 0.366. The molecule has 0 radical (unpaired) electrons. The quantitative estimate of drug-likeness (QED) is 0.639. The fraction of sp³-hybridized carbons (Fsp3) is 0.211. The van der Waals surface area contributed by atoms with Gasteiger partial charge in [-0.3, -0.25) is 9.78 Å². The van der Waals surface area contributed by atoms with E-state index in [1.807, 2.05) is 6.07 Å². The summed E-state index contributed by atoms with van der Waals surface area (Å²) in [5.74, 6) is 0.319. The zero-order valence-corrected chi connectivity index (χ0v) is 14.7. The molecular formula is C19H18N4O4. The highest BCUT2D eigenvalue weighted by atomic mass is 16.5. The predicted octanol–water partition coefficient (Wildman–Crippen LogP) is 2.17. The molecule has 8 nitrogen and oxygen atoms in total. The maximum Gasteiger partial charge on any atom is 0.337 e. The van der Waals surface area contributed by atoms with Crippen molar-refractivity contribution in [2.24, 2.45) is 0 Å². The Kier molecular flexibility index (Phi) is 5.88. The molecule has 0 fully saturated rings. The van der Waals surface area contributed by atoms with Crippen LogP contribution in [0.3, 0.4) is 0 Å². The van der Waals surface area contributed by atoms with Crippen LogP contribution in [0.1, 0.15) is 28.2 Å². The second kappa shape index (κ2) is 8.70. The van der Waals surface area contributed by atoms with Crippen molar-refractivity contribution in [1.82, 2.24) is 20.4 Å². The number of carbonyl (C=O) groups excluding carboxylic acids is 2. The molecular weight excluding hydrogens is 348 g/mol. The Bertz CT molecular complexity index is 907. The Hall–Kier alpha value is -3.55. The van der Waals surface area contributed by atoms with Gasteiger partial charge in [-0.2, -0.15) is 4.98 Å². The van der Waals surface area contributed by atoms with Gasteiger partial charge in [0.1, 0.15) is 0 Å². The van der Waals surface area contributed by atoms with Crippen molar-refractivity contribution in [2.45, 2.75) is 19.4 Å². The highest BCUT2D eigenvalue weighted by Gasteiger charge is 2.11. The summed E-state index contributed by atoms with van der Waals surface area (Å²) in [6, 6.07) is 10.5. The molecule has 3 aromatic rings. The van der Waals surface area contributed by atoms with Gasteiger partial charge in [0.2, 0.25) is 17.6 Å². The van der Waals surface area contributed by atoms with Gasteiger partial charge in [0.05, 0.1) is 12.7 Å². The molecule has 138 valence electrons. The molecule has 0 aliphatic heterocycles. The van der Waals surface area contributed by atoms with E-state index in [4.69, 9.17) is 4.52 Å². The Morgan fingerprint density at radius 3 is 2.70 bits per heavy atom. The van der Waals surface area contributed by atoms with E-state index in [1.54, 1.807) is 42.7 Å². The number of nitrogens with one attached hydrogen (secondary N) is 1. The third-order valence-electron chi connectivity index (χ3n) is 3.82. The summed E-state index contributed by atoms with van der Waals surface area (Å²) in [5.41, 5.74) is 2.11. The molecule has 0 unspecified atom stereocenters. The minimum absolute atomic E-state index is 0.131. The predicted molar refractivity (Wildman–Crippen MR) is 95.5 cm³/mol. The Labute approximate surface area is 155 Å². The molecule has 1 aromatic carbocycles. The second-order valence-corrected chi connectivity index (χ2v) is 5.72. The van der Waals surface area contributed by atoms with Gasteiger partial charge >= 0.3 is 5.97 Å². The van der Waals surface area contributed by atoms with Crippen LogP contribution in [-0.4, -0.2) is 34.1 Å². The molecule has 0 bridgehead atoms. The molecule has 2 heterocycles. The molecule has 0 atom stereocenters. The van der Waals surface area contributed by atoms with Crippen molar-refractivity contribution in [3.05, 3.63) is 65.8 Å². The number of hydrogen-bond acceptors (Lipinski definition) is 7. The summed E-state index contributed by atoms with van der Waals surface area (Å²) in [5, 5.41) is 6.71. The molecule has 2 aromatic heterocycles. The van der Waals surface area contributed by atoms with E-state index in [1.165, 1.54) is 7.11 Å². The molecule has 0 saturated carbocycles. The number of carbonyl (C=O) groups is 2. The zero-order chi connectivity index (χ0) is 19.1. The van der Waals surface area contributed by atoms with Crippen molar-refractivity contribution in [3.63, 3.8) is 0 Å². The zero-order valence-electron chi connectivity index (χ0n) is 14.7. The van der Waals surface area contributed by atoms with E-state index in [0.717, 1.165) is 11.1 Å². The van der Waals surface area contributed by atoms with E-state index in [2.05, 4.69) is 25.2 Å². The number of hydrogen-bond donors (Lipinski definition) is 1. The number of rotatable bonds is 7. The molecule has 8 heteroatoms. The Morgan fingerprint density at radius 2 is 2.00 bits per heavy atom. The topological polar surface area (TPSA) is 107 Å². The number of esters is 1. The first-order valence-corrected chi connectivity index (χ1v) is 8.32. The van der Waals surface area contributed by atoms with Crippen LogP contribution in [0.5, 0.6) is 0 Å². The van der Waals surface area contributed by atoms with Gasteiger partial charge in [0, 0.05) is 37.3 Å². The van der Waals surface area contributed by atoms with Gasteiger partial charge < -0.3 is 14.6 Å². The summed E-state index contributed by atoms with van der Waals surface area (Å²) in [4.78, 5) is 31.7. The van der Waals surface area contributed by atoms with Gasteiger partial charge in [0.25, 0.3) is 0 Å². The third kappa shape index (κ3) is 4.97. The van der Waals surface area contributed by atoms with Crippen LogP contribution in [0.25, 0.3) is 11.4 Å². The van der Waals surface area contributed by atoms with Crippen molar-refractivity contribution >= 4 is 11.9 Å². The van der Waals surface area contributed by atoms with E-state index in [9.17, 15) is 9.59 Å². The smallest absolute Gasteiger partial charge is 0.337 e. The van der Waals surface area contributed by atoms with Crippen molar-refractivity contribution in [1.29, 1.82) is 0 Å². The largest absolute Gasteiger partial charge is 0.465 e. The minimum Gasteiger partial charge on any atom is -0.465 e. The SMILES string of the molecule is COC(=O)c1ccc(CNC(=O)CCc2nc(-c3cccnc3)no2)cc1. The van der Waals surface area contributed by atoms with Crippen molar-refractivity contribution < 1.29 is 18.8 Å². The highest BCUT2D eigenvalue weighted by Crippen LogP contribution is 2.14.